The lowest BCUT2D eigenvalue weighted by molar-refractivity contribution is -0.125. The van der Waals surface area contributed by atoms with Gasteiger partial charge < -0.3 is 16.0 Å². The van der Waals surface area contributed by atoms with E-state index in [1.165, 1.54) is 0 Å². The summed E-state index contributed by atoms with van der Waals surface area (Å²) in [5, 5.41) is 10.9. The number of amides is 2. The Morgan fingerprint density at radius 1 is 1.00 bits per heavy atom. The maximum absolute atomic E-state index is 12.1. The van der Waals surface area contributed by atoms with Gasteiger partial charge in [-0.2, -0.15) is 0 Å². The normalized spacial score (nSPS) is 14.3. The molecule has 3 N–H and O–H groups in total. The number of fused-ring (bicyclic) bond motifs is 1. The molecule has 1 aliphatic heterocycles. The summed E-state index contributed by atoms with van der Waals surface area (Å²) in [5.74, 6) is 0.246. The fourth-order valence-corrected chi connectivity index (χ4v) is 2.67. The molecule has 0 spiro atoms. The van der Waals surface area contributed by atoms with Crippen molar-refractivity contribution in [3.05, 3.63) is 48.0 Å². The van der Waals surface area contributed by atoms with Gasteiger partial charge in [0.2, 0.25) is 11.8 Å². The van der Waals surface area contributed by atoms with Gasteiger partial charge in [-0.1, -0.05) is 42.5 Å². The fourth-order valence-electron chi connectivity index (χ4n) is 2.67. The van der Waals surface area contributed by atoms with Crippen LogP contribution in [0.15, 0.2) is 42.5 Å². The monoisotopic (exact) mass is 311 g/mol. The van der Waals surface area contributed by atoms with Crippen LogP contribution in [0.4, 0.5) is 0 Å². The van der Waals surface area contributed by atoms with Gasteiger partial charge in [-0.25, -0.2) is 0 Å². The minimum absolute atomic E-state index is 0.0315. The number of nitrogens with one attached hydrogen (secondary N) is 3. The molecule has 3 rings (SSSR count). The molecule has 2 aromatic rings. The second-order valence-electron chi connectivity index (χ2n) is 5.92. The highest BCUT2D eigenvalue weighted by Crippen LogP contribution is 2.18. The van der Waals surface area contributed by atoms with Gasteiger partial charge in [0.05, 0.1) is 13.0 Å². The van der Waals surface area contributed by atoms with Crippen molar-refractivity contribution >= 4 is 22.6 Å². The summed E-state index contributed by atoms with van der Waals surface area (Å²) in [4.78, 5) is 23.8. The van der Waals surface area contributed by atoms with E-state index in [2.05, 4.69) is 16.0 Å². The minimum atomic E-state index is -0.137. The molecule has 0 aliphatic carbocycles. The number of benzene rings is 2. The molecule has 23 heavy (non-hydrogen) atoms. The largest absolute Gasteiger partial charge is 0.354 e. The molecular formula is C18H21N3O2. The third-order valence-electron chi connectivity index (χ3n) is 4.13. The van der Waals surface area contributed by atoms with E-state index in [0.717, 1.165) is 29.4 Å². The van der Waals surface area contributed by atoms with E-state index < -0.39 is 0 Å². The highest BCUT2D eigenvalue weighted by Gasteiger charge is 2.17. The average molecular weight is 311 g/mol. The number of hydrogen-bond acceptors (Lipinski definition) is 3. The van der Waals surface area contributed by atoms with Crippen molar-refractivity contribution < 1.29 is 9.59 Å². The van der Waals surface area contributed by atoms with Crippen LogP contribution in [0.5, 0.6) is 0 Å². The zero-order valence-corrected chi connectivity index (χ0v) is 13.0. The van der Waals surface area contributed by atoms with Crippen LogP contribution in [0.1, 0.15) is 5.56 Å². The number of carbonyl (C=O) groups excluding carboxylic acids is 2. The first-order chi connectivity index (χ1) is 11.2. The van der Waals surface area contributed by atoms with Crippen LogP contribution in [0.2, 0.25) is 0 Å². The summed E-state index contributed by atoms with van der Waals surface area (Å²) in [6.45, 7) is 2.61. The third kappa shape index (κ3) is 4.07. The smallest absolute Gasteiger partial charge is 0.239 e. The van der Waals surface area contributed by atoms with Crippen molar-refractivity contribution in [3.63, 3.8) is 0 Å². The fraction of sp³-hybridized carbons (Fsp3) is 0.333. The Balaban J connectivity index is 1.49. The molecule has 1 heterocycles. The number of rotatable bonds is 6. The second-order valence-corrected chi connectivity index (χ2v) is 5.92. The maximum Gasteiger partial charge on any atom is 0.239 e. The molecule has 0 saturated carbocycles. The lowest BCUT2D eigenvalue weighted by Crippen LogP contribution is -2.49. The molecule has 0 atom stereocenters. The lowest BCUT2D eigenvalue weighted by atomic mass is 10.0. The topological polar surface area (TPSA) is 70.2 Å². The summed E-state index contributed by atoms with van der Waals surface area (Å²) in [5.41, 5.74) is 0.974. The van der Waals surface area contributed by atoms with E-state index in [0.29, 0.717) is 12.5 Å². The van der Waals surface area contributed by atoms with Gasteiger partial charge >= 0.3 is 0 Å². The highest BCUT2D eigenvalue weighted by atomic mass is 16.2. The second kappa shape index (κ2) is 7.24. The average Bonchev–Trinajstić information content (AvgIpc) is 2.52. The van der Waals surface area contributed by atoms with Crippen LogP contribution in [0, 0.1) is 5.92 Å². The zero-order chi connectivity index (χ0) is 16.1. The summed E-state index contributed by atoms with van der Waals surface area (Å²) in [6, 6.07) is 13.9. The first-order valence-electron chi connectivity index (χ1n) is 7.93. The van der Waals surface area contributed by atoms with Gasteiger partial charge in [-0.05, 0) is 16.3 Å². The predicted octanol–water partition coefficient (Wildman–Crippen LogP) is 0.834. The van der Waals surface area contributed by atoms with Gasteiger partial charge in [0.25, 0.3) is 0 Å². The maximum atomic E-state index is 12.1. The molecule has 5 nitrogen and oxygen atoms in total. The van der Waals surface area contributed by atoms with E-state index >= 15 is 0 Å². The summed E-state index contributed by atoms with van der Waals surface area (Å²) < 4.78 is 0. The van der Waals surface area contributed by atoms with Crippen LogP contribution < -0.4 is 16.0 Å². The Morgan fingerprint density at radius 3 is 2.57 bits per heavy atom. The van der Waals surface area contributed by atoms with Crippen LogP contribution in [-0.4, -0.2) is 38.0 Å². The van der Waals surface area contributed by atoms with Gasteiger partial charge in [-0.15, -0.1) is 0 Å². The van der Waals surface area contributed by atoms with Gasteiger partial charge in [0, 0.05) is 25.6 Å². The zero-order valence-electron chi connectivity index (χ0n) is 13.0. The number of carbonyl (C=O) groups is 2. The van der Waals surface area contributed by atoms with Crippen molar-refractivity contribution in [2.24, 2.45) is 5.92 Å². The van der Waals surface area contributed by atoms with Gasteiger partial charge in [-0.3, -0.25) is 9.59 Å². The van der Waals surface area contributed by atoms with Crippen LogP contribution >= 0.6 is 0 Å². The highest BCUT2D eigenvalue weighted by molar-refractivity contribution is 5.91. The Labute approximate surface area is 135 Å². The molecule has 2 aromatic carbocycles. The van der Waals surface area contributed by atoms with E-state index in [1.807, 2.05) is 42.5 Å². The first-order valence-corrected chi connectivity index (χ1v) is 7.93. The quantitative estimate of drug-likeness (QED) is 0.740. The SMILES string of the molecule is O=C(CNC(=O)Cc1cccc2ccccc12)NCC1CNC1. The van der Waals surface area contributed by atoms with Crippen molar-refractivity contribution in [1.29, 1.82) is 0 Å². The Morgan fingerprint density at radius 2 is 1.78 bits per heavy atom. The molecule has 2 amide bonds. The van der Waals surface area contributed by atoms with Crippen LogP contribution in [0.25, 0.3) is 10.8 Å². The first kappa shape index (κ1) is 15.5. The minimum Gasteiger partial charge on any atom is -0.354 e. The summed E-state index contributed by atoms with van der Waals surface area (Å²) in [7, 11) is 0. The molecule has 5 heteroatoms. The van der Waals surface area contributed by atoms with Crippen LogP contribution in [-0.2, 0) is 16.0 Å². The molecule has 0 radical (unpaired) electrons. The van der Waals surface area contributed by atoms with Crippen molar-refractivity contribution in [2.75, 3.05) is 26.2 Å². The van der Waals surface area contributed by atoms with Gasteiger partial charge in [0.15, 0.2) is 0 Å². The Bertz CT molecular complexity index is 705. The van der Waals surface area contributed by atoms with E-state index in [9.17, 15) is 9.59 Å². The van der Waals surface area contributed by atoms with Crippen LogP contribution in [0.3, 0.4) is 0 Å². The van der Waals surface area contributed by atoms with E-state index in [1.54, 1.807) is 0 Å². The van der Waals surface area contributed by atoms with Crippen molar-refractivity contribution in [2.45, 2.75) is 6.42 Å². The number of hydrogen-bond donors (Lipinski definition) is 3. The molecule has 1 saturated heterocycles. The van der Waals surface area contributed by atoms with E-state index in [-0.39, 0.29) is 24.8 Å². The van der Waals surface area contributed by atoms with E-state index in [4.69, 9.17) is 0 Å². The molecule has 0 aromatic heterocycles. The summed E-state index contributed by atoms with van der Waals surface area (Å²) in [6.07, 6.45) is 0.279. The Kier molecular flexibility index (Phi) is 4.88. The third-order valence-corrected chi connectivity index (χ3v) is 4.13. The molecule has 1 aliphatic rings. The van der Waals surface area contributed by atoms with Crippen molar-refractivity contribution in [3.8, 4) is 0 Å². The lowest BCUT2D eigenvalue weighted by Gasteiger charge is -2.27. The molecule has 1 fully saturated rings. The van der Waals surface area contributed by atoms with Gasteiger partial charge in [0.1, 0.15) is 0 Å². The van der Waals surface area contributed by atoms with Crippen molar-refractivity contribution in [1.82, 2.24) is 16.0 Å². The standard InChI is InChI=1S/C18H21N3O2/c22-17(21-12-18(23)20-11-13-9-19-10-13)8-15-6-3-5-14-4-1-2-7-16(14)15/h1-7,13,19H,8-12H2,(H,20,23)(H,21,22). The predicted molar refractivity (Wildman–Crippen MR) is 90.0 cm³/mol. The molecular weight excluding hydrogens is 290 g/mol. The molecule has 120 valence electrons. The summed E-state index contributed by atoms with van der Waals surface area (Å²) >= 11 is 0. The molecule has 0 bridgehead atoms. The Hall–Kier alpha value is -2.40. The molecule has 0 unspecified atom stereocenters.